The Bertz CT molecular complexity index is 206. The van der Waals surface area contributed by atoms with Crippen LogP contribution in [0.1, 0.15) is 20.3 Å². The number of nitro groups is 1. The highest BCUT2D eigenvalue weighted by Gasteiger charge is 2.38. The van der Waals surface area contributed by atoms with Gasteiger partial charge in [-0.25, -0.2) is 0 Å². The van der Waals surface area contributed by atoms with Crippen molar-refractivity contribution in [1.29, 1.82) is 0 Å². The van der Waals surface area contributed by atoms with Crippen molar-refractivity contribution in [3.8, 4) is 0 Å². The summed E-state index contributed by atoms with van der Waals surface area (Å²) < 4.78 is 0. The van der Waals surface area contributed by atoms with Crippen LogP contribution in [0.5, 0.6) is 0 Å². The lowest BCUT2D eigenvalue weighted by atomic mass is 9.83. The van der Waals surface area contributed by atoms with E-state index in [1.54, 1.807) is 19.9 Å². The number of aliphatic hydroxyl groups is 1. The molecule has 0 bridgehead atoms. The monoisotopic (exact) mass is 251 g/mol. The molecule has 0 heterocycles. The number of rotatable bonds is 5. The molecular weight excluding hydrogens is 238 g/mol. The Hall–Kier alpha value is -0.420. The number of hydrogen-bond acceptors (Lipinski definition) is 3. The molecule has 0 spiro atoms. The lowest BCUT2D eigenvalue weighted by molar-refractivity contribution is -0.507. The number of allylic oxidation sites excluding steroid dienone is 1. The molecule has 0 fully saturated rings. The third-order valence-electron chi connectivity index (χ3n) is 1.93. The topological polar surface area (TPSA) is 63.4 Å². The fourth-order valence-electron chi connectivity index (χ4n) is 0.980. The minimum atomic E-state index is -1.12. The highest BCUT2D eigenvalue weighted by Crippen LogP contribution is 2.30. The summed E-state index contributed by atoms with van der Waals surface area (Å²) >= 11 is 2.83. The molecule has 0 aliphatic rings. The van der Waals surface area contributed by atoms with E-state index in [0.29, 0.717) is 6.42 Å². The Kier molecular flexibility index (Phi) is 4.56. The molecule has 1 N–H and O–H groups in total. The Labute approximate surface area is 85.9 Å². The van der Waals surface area contributed by atoms with Crippen molar-refractivity contribution in [3.05, 3.63) is 22.8 Å². The van der Waals surface area contributed by atoms with Crippen LogP contribution in [-0.2, 0) is 0 Å². The van der Waals surface area contributed by atoms with Crippen LogP contribution in [0.3, 0.4) is 0 Å². The largest absolute Gasteiger partial charge is 0.384 e. The molecule has 2 atom stereocenters. The molecule has 0 aromatic rings. The number of nitrogens with zero attached hydrogens (tertiary/aromatic N) is 1. The van der Waals surface area contributed by atoms with Crippen molar-refractivity contribution in [1.82, 2.24) is 0 Å². The molecule has 0 aliphatic carbocycles. The second-order valence-corrected chi connectivity index (χ2v) is 4.52. The zero-order valence-electron chi connectivity index (χ0n) is 7.74. The fourth-order valence-corrected chi connectivity index (χ4v) is 1.70. The van der Waals surface area contributed by atoms with Gasteiger partial charge >= 0.3 is 0 Å². The molecule has 0 radical (unpaired) electrons. The molecule has 0 amide bonds. The van der Waals surface area contributed by atoms with E-state index in [2.05, 4.69) is 22.5 Å². The molecule has 2 unspecified atom stereocenters. The first-order valence-electron chi connectivity index (χ1n) is 3.89. The molecule has 0 aromatic heterocycles. The summed E-state index contributed by atoms with van der Waals surface area (Å²) in [6.07, 6.45) is 1.15. The zero-order chi connectivity index (χ0) is 10.6. The van der Waals surface area contributed by atoms with E-state index in [0.717, 1.165) is 0 Å². The molecule has 4 nitrogen and oxygen atoms in total. The molecular formula is C8H14BrNO3. The maximum atomic E-state index is 10.4. The number of alkyl halides is 1. The molecule has 5 heteroatoms. The van der Waals surface area contributed by atoms with Crippen molar-refractivity contribution in [2.45, 2.75) is 31.3 Å². The average molecular weight is 252 g/mol. The molecule has 0 aromatic carbocycles. The summed E-state index contributed by atoms with van der Waals surface area (Å²) in [5, 5.41) is 20.0. The van der Waals surface area contributed by atoms with Gasteiger partial charge in [0.05, 0.1) is 0 Å². The molecule has 76 valence electrons. The summed E-state index contributed by atoms with van der Waals surface area (Å²) in [5.74, 6) is 0. The van der Waals surface area contributed by atoms with E-state index in [4.69, 9.17) is 0 Å². The van der Waals surface area contributed by atoms with Gasteiger partial charge in [0.25, 0.3) is 4.95 Å². The van der Waals surface area contributed by atoms with Crippen molar-refractivity contribution >= 4 is 15.9 Å². The predicted molar refractivity (Wildman–Crippen MR) is 54.3 cm³/mol. The Balaban J connectivity index is 4.46. The Morgan fingerprint density at radius 3 is 2.54 bits per heavy atom. The van der Waals surface area contributed by atoms with E-state index in [1.165, 1.54) is 0 Å². The van der Waals surface area contributed by atoms with Crippen LogP contribution in [0.15, 0.2) is 12.7 Å². The van der Waals surface area contributed by atoms with Crippen LogP contribution in [-0.4, -0.2) is 21.1 Å². The van der Waals surface area contributed by atoms with Gasteiger partial charge in [-0.05, 0) is 22.4 Å². The van der Waals surface area contributed by atoms with Crippen molar-refractivity contribution in [3.63, 3.8) is 0 Å². The van der Waals surface area contributed by atoms with Crippen molar-refractivity contribution in [2.24, 2.45) is 5.41 Å². The van der Waals surface area contributed by atoms with Crippen LogP contribution in [0.2, 0.25) is 0 Å². The Morgan fingerprint density at radius 1 is 1.77 bits per heavy atom. The SMILES string of the molecule is C=CCC(C)(C)C(O)C(Br)[N+](=O)[O-]. The lowest BCUT2D eigenvalue weighted by Gasteiger charge is -2.28. The number of halogens is 1. The number of aliphatic hydroxyl groups excluding tert-OH is 1. The maximum Gasteiger partial charge on any atom is 0.291 e. The summed E-state index contributed by atoms with van der Waals surface area (Å²) in [5.41, 5.74) is -0.539. The third kappa shape index (κ3) is 3.44. The lowest BCUT2D eigenvalue weighted by Crippen LogP contribution is -2.40. The second-order valence-electron chi connectivity index (χ2n) is 3.58. The van der Waals surface area contributed by atoms with Gasteiger partial charge in [-0.1, -0.05) is 19.9 Å². The Morgan fingerprint density at radius 2 is 2.23 bits per heavy atom. The van der Waals surface area contributed by atoms with Gasteiger partial charge in [-0.3, -0.25) is 10.1 Å². The molecule has 0 rings (SSSR count). The van der Waals surface area contributed by atoms with Crippen molar-refractivity contribution in [2.75, 3.05) is 0 Å². The highest BCUT2D eigenvalue weighted by atomic mass is 79.9. The van der Waals surface area contributed by atoms with Crippen molar-refractivity contribution < 1.29 is 10.0 Å². The second kappa shape index (κ2) is 4.72. The summed E-state index contributed by atoms with van der Waals surface area (Å²) in [7, 11) is 0. The van der Waals surface area contributed by atoms with Crippen LogP contribution in [0.4, 0.5) is 0 Å². The normalized spacial score (nSPS) is 16.3. The average Bonchev–Trinajstić information content (AvgIpc) is 2.01. The van der Waals surface area contributed by atoms with Crippen LogP contribution in [0, 0.1) is 15.5 Å². The molecule has 0 aliphatic heterocycles. The first-order chi connectivity index (χ1) is 5.83. The van der Waals surface area contributed by atoms with E-state index in [1.807, 2.05) is 0 Å². The first kappa shape index (κ1) is 12.6. The van der Waals surface area contributed by atoms with Gasteiger partial charge in [-0.2, -0.15) is 0 Å². The van der Waals surface area contributed by atoms with Crippen LogP contribution >= 0.6 is 15.9 Å². The van der Waals surface area contributed by atoms with Gasteiger partial charge in [0.15, 0.2) is 0 Å². The predicted octanol–water partition coefficient (Wildman–Crippen LogP) is 1.95. The van der Waals surface area contributed by atoms with Crippen LogP contribution in [0.25, 0.3) is 0 Å². The summed E-state index contributed by atoms with van der Waals surface area (Å²) in [6, 6.07) is 0. The van der Waals surface area contributed by atoms with Gasteiger partial charge in [0.1, 0.15) is 6.10 Å². The van der Waals surface area contributed by atoms with Gasteiger partial charge in [0, 0.05) is 10.3 Å². The minimum absolute atomic E-state index is 0.532. The molecule has 0 saturated heterocycles. The zero-order valence-corrected chi connectivity index (χ0v) is 9.32. The molecule has 13 heavy (non-hydrogen) atoms. The fraction of sp³-hybridized carbons (Fsp3) is 0.750. The van der Waals surface area contributed by atoms with E-state index in [9.17, 15) is 15.2 Å². The smallest absolute Gasteiger partial charge is 0.291 e. The van der Waals surface area contributed by atoms with Gasteiger partial charge < -0.3 is 5.11 Å². The van der Waals surface area contributed by atoms with Gasteiger partial charge in [-0.15, -0.1) is 6.58 Å². The standard InChI is InChI=1S/C8H14BrNO3/c1-4-5-8(2,3)6(11)7(9)10(12)13/h4,6-7,11H,1,5H2,2-3H3. The maximum absolute atomic E-state index is 10.4. The first-order valence-corrected chi connectivity index (χ1v) is 4.81. The third-order valence-corrected chi connectivity index (χ3v) is 2.77. The van der Waals surface area contributed by atoms with Gasteiger partial charge in [0.2, 0.25) is 0 Å². The minimum Gasteiger partial charge on any atom is -0.384 e. The summed E-state index contributed by atoms with van der Waals surface area (Å²) in [4.78, 5) is 8.70. The van der Waals surface area contributed by atoms with Crippen LogP contribution < -0.4 is 0 Å². The van der Waals surface area contributed by atoms with E-state index >= 15 is 0 Å². The van der Waals surface area contributed by atoms with E-state index < -0.39 is 21.4 Å². The summed E-state index contributed by atoms with van der Waals surface area (Å²) in [6.45, 7) is 7.06. The number of hydrogen-bond donors (Lipinski definition) is 1. The van der Waals surface area contributed by atoms with E-state index in [-0.39, 0.29) is 0 Å². The molecule has 0 saturated carbocycles. The highest BCUT2D eigenvalue weighted by molar-refractivity contribution is 9.09. The quantitative estimate of drug-likeness (QED) is 0.267.